The van der Waals surface area contributed by atoms with E-state index in [1.807, 2.05) is 6.20 Å². The number of aromatic nitrogens is 2. The van der Waals surface area contributed by atoms with Gasteiger partial charge < -0.3 is 24.5 Å². The molecule has 33 heavy (non-hydrogen) atoms. The summed E-state index contributed by atoms with van der Waals surface area (Å²) in [5.74, 6) is -0.673. The van der Waals surface area contributed by atoms with E-state index in [4.69, 9.17) is 9.47 Å². The summed E-state index contributed by atoms with van der Waals surface area (Å²) >= 11 is 0. The second-order valence-corrected chi connectivity index (χ2v) is 8.99. The number of esters is 1. The Morgan fingerprint density at radius 3 is 2.61 bits per heavy atom. The lowest BCUT2D eigenvalue weighted by atomic mass is 10.1. The van der Waals surface area contributed by atoms with E-state index in [-0.39, 0.29) is 5.91 Å². The van der Waals surface area contributed by atoms with Gasteiger partial charge in [-0.1, -0.05) is 26.2 Å². The summed E-state index contributed by atoms with van der Waals surface area (Å²) in [6, 6.07) is 2.55. The molecule has 0 spiro atoms. The zero-order valence-electron chi connectivity index (χ0n) is 20.3. The smallest absolute Gasteiger partial charge is 0.408 e. The second-order valence-electron chi connectivity index (χ2n) is 8.99. The lowest BCUT2D eigenvalue weighted by Gasteiger charge is -2.23. The molecule has 0 fully saturated rings. The lowest BCUT2D eigenvalue weighted by Crippen LogP contribution is -2.48. The number of rotatable bonds is 11. The first-order valence-corrected chi connectivity index (χ1v) is 11.5. The van der Waals surface area contributed by atoms with E-state index in [0.29, 0.717) is 30.6 Å². The first kappa shape index (κ1) is 26.2. The molecule has 182 valence electrons. The molecule has 0 bridgehead atoms. The Labute approximate surface area is 195 Å². The first-order chi connectivity index (χ1) is 15.6. The summed E-state index contributed by atoms with van der Waals surface area (Å²) in [7, 11) is 1.33. The van der Waals surface area contributed by atoms with Crippen molar-refractivity contribution < 1.29 is 23.9 Å². The molecule has 2 rings (SSSR count). The molecule has 9 nitrogen and oxygen atoms in total. The second kappa shape index (κ2) is 12.2. The molecule has 2 heterocycles. The van der Waals surface area contributed by atoms with Crippen LogP contribution in [0.15, 0.2) is 24.5 Å². The van der Waals surface area contributed by atoms with Crippen LogP contribution in [0.25, 0.3) is 5.65 Å². The quantitative estimate of drug-likeness (QED) is 0.391. The van der Waals surface area contributed by atoms with Crippen LogP contribution in [0.1, 0.15) is 75.9 Å². The third-order valence-electron chi connectivity index (χ3n) is 4.96. The topological polar surface area (TPSA) is 111 Å². The van der Waals surface area contributed by atoms with Crippen molar-refractivity contribution in [1.29, 1.82) is 0 Å². The first-order valence-electron chi connectivity index (χ1n) is 11.5. The van der Waals surface area contributed by atoms with Gasteiger partial charge in [-0.05, 0) is 52.2 Å². The predicted octanol–water partition coefficient (Wildman–Crippen LogP) is 3.64. The van der Waals surface area contributed by atoms with Crippen LogP contribution in [0.3, 0.4) is 0 Å². The zero-order chi connectivity index (χ0) is 24.4. The summed E-state index contributed by atoms with van der Waals surface area (Å²) in [5, 5.41) is 5.60. The summed E-state index contributed by atoms with van der Waals surface area (Å²) in [6.07, 6.45) is 7.95. The van der Waals surface area contributed by atoms with Gasteiger partial charge in [0, 0.05) is 18.9 Å². The molecule has 1 atom stereocenters. The number of carbonyl (C=O) groups is 3. The van der Waals surface area contributed by atoms with E-state index in [9.17, 15) is 14.4 Å². The van der Waals surface area contributed by atoms with Crippen molar-refractivity contribution in [2.45, 2.75) is 77.9 Å². The molecular formula is C24H36N4O5. The van der Waals surface area contributed by atoms with Crippen molar-refractivity contribution in [3.05, 3.63) is 35.8 Å². The minimum Gasteiger partial charge on any atom is -0.465 e. The fraction of sp³-hybridized carbons (Fsp3) is 0.583. The molecule has 0 saturated heterocycles. The van der Waals surface area contributed by atoms with Gasteiger partial charge in [-0.25, -0.2) is 14.6 Å². The number of carbonyl (C=O) groups excluding carboxylic acids is 3. The van der Waals surface area contributed by atoms with Crippen LogP contribution in [0, 0.1) is 0 Å². The fourth-order valence-electron chi connectivity index (χ4n) is 3.30. The molecule has 0 aliphatic carbocycles. The Balaban J connectivity index is 2.05. The van der Waals surface area contributed by atoms with Crippen LogP contribution in [-0.4, -0.2) is 52.7 Å². The average Bonchev–Trinajstić information content (AvgIpc) is 3.16. The number of nitrogens with zero attached hydrogens (tertiary/aromatic N) is 2. The van der Waals surface area contributed by atoms with Gasteiger partial charge in [0.05, 0.1) is 18.4 Å². The summed E-state index contributed by atoms with van der Waals surface area (Å²) in [6.45, 7) is 8.02. The summed E-state index contributed by atoms with van der Waals surface area (Å²) in [5.41, 5.74) is 1.09. The van der Waals surface area contributed by atoms with Crippen molar-refractivity contribution in [3.8, 4) is 0 Å². The van der Waals surface area contributed by atoms with E-state index in [1.165, 1.54) is 7.11 Å². The molecule has 2 aromatic heterocycles. The lowest BCUT2D eigenvalue weighted by molar-refractivity contribution is -0.123. The van der Waals surface area contributed by atoms with Gasteiger partial charge in [-0.2, -0.15) is 0 Å². The Morgan fingerprint density at radius 1 is 1.18 bits per heavy atom. The Hall–Kier alpha value is -3.10. The van der Waals surface area contributed by atoms with Crippen LogP contribution < -0.4 is 10.6 Å². The highest BCUT2D eigenvalue weighted by Gasteiger charge is 2.24. The standard InChI is InChI=1S/C24H36N4O5/c1-6-7-8-9-13-25-21(29)19(27-23(31)33-24(2,3)4)11-10-18-16-28-14-12-17(22(30)32-5)15-20(28)26-18/h12,14-16,19H,6-11,13H2,1-5H3,(H,25,29)(H,27,31)/t19-/m0/s1. The molecule has 0 aliphatic rings. The Bertz CT molecular complexity index is 948. The Morgan fingerprint density at radius 2 is 1.94 bits per heavy atom. The highest BCUT2D eigenvalue weighted by atomic mass is 16.6. The van der Waals surface area contributed by atoms with Crippen LogP contribution in [0.5, 0.6) is 0 Å². The number of ether oxygens (including phenoxy) is 2. The van der Waals surface area contributed by atoms with Gasteiger partial charge in [0.1, 0.15) is 17.3 Å². The molecule has 0 aromatic carbocycles. The number of aryl methyl sites for hydroxylation is 1. The monoisotopic (exact) mass is 460 g/mol. The number of hydrogen-bond acceptors (Lipinski definition) is 6. The van der Waals surface area contributed by atoms with Crippen LogP contribution in [0.4, 0.5) is 4.79 Å². The maximum absolute atomic E-state index is 12.8. The number of imidazole rings is 1. The normalized spacial score (nSPS) is 12.3. The van der Waals surface area contributed by atoms with Gasteiger partial charge >= 0.3 is 12.1 Å². The number of amides is 2. The van der Waals surface area contributed by atoms with Gasteiger partial charge in [-0.15, -0.1) is 0 Å². The third-order valence-corrected chi connectivity index (χ3v) is 4.96. The molecule has 0 saturated carbocycles. The van der Waals surface area contributed by atoms with Crippen molar-refractivity contribution in [3.63, 3.8) is 0 Å². The number of hydrogen-bond donors (Lipinski definition) is 2. The number of methoxy groups -OCH3 is 1. The van der Waals surface area contributed by atoms with E-state index in [2.05, 4.69) is 22.5 Å². The average molecular weight is 461 g/mol. The molecule has 2 amide bonds. The number of nitrogens with one attached hydrogen (secondary N) is 2. The van der Waals surface area contributed by atoms with E-state index in [1.54, 1.807) is 43.5 Å². The molecule has 2 N–H and O–H groups in total. The summed E-state index contributed by atoms with van der Waals surface area (Å²) in [4.78, 5) is 41.3. The summed E-state index contributed by atoms with van der Waals surface area (Å²) < 4.78 is 11.9. The maximum Gasteiger partial charge on any atom is 0.408 e. The molecular weight excluding hydrogens is 424 g/mol. The van der Waals surface area contributed by atoms with Gasteiger partial charge in [0.25, 0.3) is 0 Å². The van der Waals surface area contributed by atoms with Crippen molar-refractivity contribution in [2.75, 3.05) is 13.7 Å². The van der Waals surface area contributed by atoms with Crippen molar-refractivity contribution in [2.24, 2.45) is 0 Å². The fourth-order valence-corrected chi connectivity index (χ4v) is 3.30. The molecule has 0 radical (unpaired) electrons. The van der Waals surface area contributed by atoms with E-state index >= 15 is 0 Å². The zero-order valence-corrected chi connectivity index (χ0v) is 20.3. The van der Waals surface area contributed by atoms with E-state index < -0.39 is 23.7 Å². The highest BCUT2D eigenvalue weighted by molar-refractivity contribution is 5.90. The minimum atomic E-state index is -0.749. The molecule has 2 aromatic rings. The number of unbranched alkanes of at least 4 members (excludes halogenated alkanes) is 3. The van der Waals surface area contributed by atoms with Gasteiger partial charge in [-0.3, -0.25) is 4.79 Å². The van der Waals surface area contributed by atoms with E-state index in [0.717, 1.165) is 31.4 Å². The number of alkyl carbamates (subject to hydrolysis) is 1. The SMILES string of the molecule is CCCCCCNC(=O)[C@H](CCc1cn2ccc(C(=O)OC)cc2n1)NC(=O)OC(C)(C)C. The molecule has 0 unspecified atom stereocenters. The van der Waals surface area contributed by atoms with Crippen LogP contribution in [-0.2, 0) is 20.7 Å². The predicted molar refractivity (Wildman–Crippen MR) is 125 cm³/mol. The largest absolute Gasteiger partial charge is 0.465 e. The van der Waals surface area contributed by atoms with Gasteiger partial charge in [0.2, 0.25) is 5.91 Å². The third kappa shape index (κ3) is 8.75. The highest BCUT2D eigenvalue weighted by Crippen LogP contribution is 2.13. The Kier molecular flexibility index (Phi) is 9.69. The number of fused-ring (bicyclic) bond motifs is 1. The van der Waals surface area contributed by atoms with Crippen molar-refractivity contribution in [1.82, 2.24) is 20.0 Å². The van der Waals surface area contributed by atoms with Crippen LogP contribution >= 0.6 is 0 Å². The molecule has 0 aliphatic heterocycles. The maximum atomic E-state index is 12.8. The van der Waals surface area contributed by atoms with Crippen LogP contribution in [0.2, 0.25) is 0 Å². The number of pyridine rings is 1. The van der Waals surface area contributed by atoms with Crippen molar-refractivity contribution >= 4 is 23.6 Å². The minimum absolute atomic E-state index is 0.242. The van der Waals surface area contributed by atoms with Gasteiger partial charge in [0.15, 0.2) is 0 Å². The molecule has 9 heteroatoms.